The van der Waals surface area contributed by atoms with Crippen LogP contribution in [-0.2, 0) is 0 Å². The molecule has 1 aromatic rings. The highest BCUT2D eigenvalue weighted by atomic mass is 35.5. The fraction of sp³-hybridized carbons (Fsp3) is 0.538. The third-order valence-corrected chi connectivity index (χ3v) is 3.78. The van der Waals surface area contributed by atoms with Gasteiger partial charge in [0.15, 0.2) is 0 Å². The van der Waals surface area contributed by atoms with Crippen LogP contribution in [0.2, 0.25) is 5.02 Å². The van der Waals surface area contributed by atoms with Crippen molar-refractivity contribution < 1.29 is 4.92 Å². The summed E-state index contributed by atoms with van der Waals surface area (Å²) in [7, 11) is 2.12. The second kappa shape index (κ2) is 6.21. The van der Waals surface area contributed by atoms with Crippen LogP contribution in [0.25, 0.3) is 0 Å². The lowest BCUT2D eigenvalue weighted by atomic mass is 10.1. The van der Waals surface area contributed by atoms with Gasteiger partial charge in [-0.15, -0.1) is 0 Å². The Bertz CT molecular complexity index is 467. The molecule has 1 heterocycles. The van der Waals surface area contributed by atoms with Crippen molar-refractivity contribution in [1.82, 2.24) is 4.90 Å². The molecule has 2 rings (SSSR count). The van der Waals surface area contributed by atoms with Crippen molar-refractivity contribution in [2.24, 2.45) is 0 Å². The largest absolute Gasteiger partial charge is 0.382 e. The molecule has 1 atom stereocenters. The van der Waals surface area contributed by atoms with Gasteiger partial charge in [-0.1, -0.05) is 11.6 Å². The van der Waals surface area contributed by atoms with Crippen LogP contribution < -0.4 is 5.32 Å². The van der Waals surface area contributed by atoms with E-state index in [1.165, 1.54) is 6.07 Å². The molecule has 0 bridgehead atoms. The highest BCUT2D eigenvalue weighted by Gasteiger charge is 2.17. The summed E-state index contributed by atoms with van der Waals surface area (Å²) in [5.41, 5.74) is 0.725. The van der Waals surface area contributed by atoms with Gasteiger partial charge >= 0.3 is 0 Å². The van der Waals surface area contributed by atoms with Crippen LogP contribution in [0, 0.1) is 10.1 Å². The maximum Gasteiger partial charge on any atom is 0.289 e. The number of benzene rings is 1. The molecule has 1 unspecified atom stereocenters. The van der Waals surface area contributed by atoms with Gasteiger partial charge in [0, 0.05) is 17.8 Å². The number of nitrogens with one attached hydrogen (secondary N) is 1. The molecule has 6 heteroatoms. The first kappa shape index (κ1) is 14.1. The number of rotatable bonds is 3. The molecule has 1 aliphatic heterocycles. The fourth-order valence-electron chi connectivity index (χ4n) is 2.36. The zero-order valence-corrected chi connectivity index (χ0v) is 11.7. The molecule has 1 aromatic carbocycles. The Labute approximate surface area is 117 Å². The number of halogens is 1. The van der Waals surface area contributed by atoms with E-state index >= 15 is 0 Å². The van der Waals surface area contributed by atoms with E-state index in [-0.39, 0.29) is 10.7 Å². The van der Waals surface area contributed by atoms with E-state index in [1.54, 1.807) is 12.1 Å². The molecular weight excluding hydrogens is 266 g/mol. The monoisotopic (exact) mass is 283 g/mol. The minimum Gasteiger partial charge on any atom is -0.382 e. The predicted octanol–water partition coefficient (Wildman–Crippen LogP) is 3.14. The normalized spacial score (nSPS) is 20.8. The topological polar surface area (TPSA) is 58.4 Å². The third-order valence-electron chi connectivity index (χ3n) is 3.47. The van der Waals surface area contributed by atoms with Gasteiger partial charge in [-0.3, -0.25) is 10.1 Å². The quantitative estimate of drug-likeness (QED) is 0.684. The average Bonchev–Trinajstić information content (AvgIpc) is 2.56. The molecule has 5 nitrogen and oxygen atoms in total. The van der Waals surface area contributed by atoms with Crippen LogP contribution in [0.5, 0.6) is 0 Å². The number of hydrogen-bond donors (Lipinski definition) is 1. The van der Waals surface area contributed by atoms with Crippen molar-refractivity contribution in [3.05, 3.63) is 33.3 Å². The number of nitrogens with zero attached hydrogens (tertiary/aromatic N) is 2. The van der Waals surface area contributed by atoms with Gasteiger partial charge in [0.1, 0.15) is 5.02 Å². The molecule has 0 radical (unpaired) electrons. The lowest BCUT2D eigenvalue weighted by molar-refractivity contribution is -0.384. The fourth-order valence-corrected chi connectivity index (χ4v) is 2.55. The Hall–Kier alpha value is -1.33. The molecule has 19 heavy (non-hydrogen) atoms. The molecule has 1 fully saturated rings. The molecule has 1 saturated heterocycles. The van der Waals surface area contributed by atoms with Crippen LogP contribution in [0.4, 0.5) is 11.4 Å². The summed E-state index contributed by atoms with van der Waals surface area (Å²) in [4.78, 5) is 12.7. The first-order valence-corrected chi connectivity index (χ1v) is 6.83. The minimum absolute atomic E-state index is 0.0441. The summed E-state index contributed by atoms with van der Waals surface area (Å²) in [6.07, 6.45) is 3.28. The number of nitro groups is 1. The van der Waals surface area contributed by atoms with Gasteiger partial charge < -0.3 is 10.2 Å². The zero-order chi connectivity index (χ0) is 13.8. The van der Waals surface area contributed by atoms with Gasteiger partial charge in [-0.2, -0.15) is 0 Å². The zero-order valence-electron chi connectivity index (χ0n) is 10.9. The number of likely N-dealkylation sites (tertiary alicyclic amines) is 1. The second-order valence-electron chi connectivity index (χ2n) is 5.00. The summed E-state index contributed by atoms with van der Waals surface area (Å²) in [6.45, 7) is 2.16. The Balaban J connectivity index is 2.06. The van der Waals surface area contributed by atoms with Gasteiger partial charge in [0.05, 0.1) is 4.92 Å². The molecule has 1 N–H and O–H groups in total. The van der Waals surface area contributed by atoms with E-state index in [2.05, 4.69) is 17.3 Å². The van der Waals surface area contributed by atoms with Crippen LogP contribution in [0.15, 0.2) is 18.2 Å². The Morgan fingerprint density at radius 1 is 1.42 bits per heavy atom. The second-order valence-corrected chi connectivity index (χ2v) is 5.41. The van der Waals surface area contributed by atoms with E-state index in [1.807, 2.05) is 0 Å². The molecule has 0 aliphatic carbocycles. The Morgan fingerprint density at radius 2 is 2.21 bits per heavy atom. The summed E-state index contributed by atoms with van der Waals surface area (Å²) < 4.78 is 0. The maximum absolute atomic E-state index is 10.9. The van der Waals surface area contributed by atoms with Crippen LogP contribution >= 0.6 is 11.6 Å². The van der Waals surface area contributed by atoms with E-state index in [4.69, 9.17) is 11.6 Å². The summed E-state index contributed by atoms with van der Waals surface area (Å²) in [5, 5.41) is 14.4. The SMILES string of the molecule is CN1CCCC(Nc2ccc(Cl)c([N+](=O)[O-])c2)CC1. The molecule has 0 saturated carbocycles. The highest BCUT2D eigenvalue weighted by molar-refractivity contribution is 6.32. The van der Waals surface area contributed by atoms with E-state index in [0.29, 0.717) is 6.04 Å². The van der Waals surface area contributed by atoms with Crippen molar-refractivity contribution in [3.63, 3.8) is 0 Å². The predicted molar refractivity (Wildman–Crippen MR) is 76.9 cm³/mol. The molecule has 0 spiro atoms. The Morgan fingerprint density at radius 3 is 2.95 bits per heavy atom. The summed E-state index contributed by atoms with van der Waals surface area (Å²) in [5.74, 6) is 0. The van der Waals surface area contributed by atoms with Crippen molar-refractivity contribution >= 4 is 23.0 Å². The van der Waals surface area contributed by atoms with Crippen molar-refractivity contribution in [2.45, 2.75) is 25.3 Å². The maximum atomic E-state index is 10.9. The first-order valence-electron chi connectivity index (χ1n) is 6.45. The number of nitro benzene ring substituents is 1. The molecule has 0 amide bonds. The molecule has 104 valence electrons. The highest BCUT2D eigenvalue weighted by Crippen LogP contribution is 2.28. The summed E-state index contributed by atoms with van der Waals surface area (Å²) in [6, 6.07) is 5.25. The Kier molecular flexibility index (Phi) is 4.61. The first-order chi connectivity index (χ1) is 9.06. The van der Waals surface area contributed by atoms with Crippen LogP contribution in [0.3, 0.4) is 0 Å². The van der Waals surface area contributed by atoms with E-state index < -0.39 is 4.92 Å². The van der Waals surface area contributed by atoms with Crippen LogP contribution in [-0.4, -0.2) is 36.0 Å². The summed E-state index contributed by atoms with van der Waals surface area (Å²) >= 11 is 5.80. The molecular formula is C13H18ClN3O2. The van der Waals surface area contributed by atoms with Crippen molar-refractivity contribution in [3.8, 4) is 0 Å². The van der Waals surface area contributed by atoms with Gasteiger partial charge in [0.25, 0.3) is 5.69 Å². The van der Waals surface area contributed by atoms with Crippen molar-refractivity contribution in [2.75, 3.05) is 25.5 Å². The van der Waals surface area contributed by atoms with Crippen LogP contribution in [0.1, 0.15) is 19.3 Å². The van der Waals surface area contributed by atoms with Crippen molar-refractivity contribution in [1.29, 1.82) is 0 Å². The number of anilines is 1. The lowest BCUT2D eigenvalue weighted by Crippen LogP contribution is -2.23. The van der Waals surface area contributed by atoms with Gasteiger partial charge in [-0.05, 0) is 51.5 Å². The standard InChI is InChI=1S/C13H18ClN3O2/c1-16-7-2-3-10(6-8-16)15-11-4-5-12(14)13(9-11)17(18)19/h4-5,9-10,15H,2-3,6-8H2,1H3. The minimum atomic E-state index is -0.450. The average molecular weight is 284 g/mol. The van der Waals surface area contributed by atoms with E-state index in [0.717, 1.165) is 38.0 Å². The molecule has 0 aromatic heterocycles. The van der Waals surface area contributed by atoms with E-state index in [9.17, 15) is 10.1 Å². The smallest absolute Gasteiger partial charge is 0.289 e. The van der Waals surface area contributed by atoms with Gasteiger partial charge in [-0.25, -0.2) is 0 Å². The molecule has 1 aliphatic rings. The lowest BCUT2D eigenvalue weighted by Gasteiger charge is -2.18. The number of hydrogen-bond acceptors (Lipinski definition) is 4. The third kappa shape index (κ3) is 3.81. The van der Waals surface area contributed by atoms with Gasteiger partial charge in [0.2, 0.25) is 0 Å².